The standard InChI is InChI=1S/C18H15N3O2S/c22-17-14-5-1-2-6-15(14)18(23)21(17)8-7-12-11-19-16(20-12)10-13-4-3-9-24-13/h1-6,9,11H,7-8,10H2,(H,19,20). The SMILES string of the molecule is O=C1c2ccccc2C(=O)N1CCc1cnc(Cc2cccs2)[nH]1. The fraction of sp³-hybridized carbons (Fsp3) is 0.167. The molecule has 4 rings (SSSR count). The molecule has 0 bridgehead atoms. The summed E-state index contributed by atoms with van der Waals surface area (Å²) < 4.78 is 0. The minimum absolute atomic E-state index is 0.214. The van der Waals surface area contributed by atoms with E-state index in [0.29, 0.717) is 24.1 Å². The van der Waals surface area contributed by atoms with Crippen molar-refractivity contribution in [3.05, 3.63) is 75.5 Å². The first-order valence-corrected chi connectivity index (χ1v) is 8.61. The van der Waals surface area contributed by atoms with Gasteiger partial charge in [0.25, 0.3) is 11.8 Å². The van der Waals surface area contributed by atoms with Crippen molar-refractivity contribution in [2.75, 3.05) is 6.54 Å². The monoisotopic (exact) mass is 337 g/mol. The van der Waals surface area contributed by atoms with Gasteiger partial charge in [-0.2, -0.15) is 0 Å². The molecule has 0 spiro atoms. The van der Waals surface area contributed by atoms with Crippen molar-refractivity contribution in [1.29, 1.82) is 0 Å². The number of nitrogens with zero attached hydrogens (tertiary/aromatic N) is 2. The number of fused-ring (bicyclic) bond motifs is 1. The van der Waals surface area contributed by atoms with Crippen molar-refractivity contribution in [2.45, 2.75) is 12.8 Å². The summed E-state index contributed by atoms with van der Waals surface area (Å²) in [6.45, 7) is 0.354. The Labute approximate surface area is 143 Å². The number of aromatic amines is 1. The minimum atomic E-state index is -0.214. The molecule has 3 heterocycles. The molecular formula is C18H15N3O2S. The first-order chi connectivity index (χ1) is 11.7. The van der Waals surface area contributed by atoms with Crippen LogP contribution in [0.15, 0.2) is 48.0 Å². The lowest BCUT2D eigenvalue weighted by Gasteiger charge is -2.12. The molecule has 1 aromatic carbocycles. The van der Waals surface area contributed by atoms with Gasteiger partial charge in [0.2, 0.25) is 0 Å². The highest BCUT2D eigenvalue weighted by molar-refractivity contribution is 7.09. The molecule has 0 atom stereocenters. The van der Waals surface area contributed by atoms with Gasteiger partial charge in [0.15, 0.2) is 0 Å². The Morgan fingerprint density at radius 1 is 1.04 bits per heavy atom. The van der Waals surface area contributed by atoms with E-state index in [9.17, 15) is 9.59 Å². The van der Waals surface area contributed by atoms with Crippen LogP contribution in [0.5, 0.6) is 0 Å². The molecule has 24 heavy (non-hydrogen) atoms. The Balaban J connectivity index is 1.42. The lowest BCUT2D eigenvalue weighted by molar-refractivity contribution is 0.0656. The first kappa shape index (κ1) is 14.8. The summed E-state index contributed by atoms with van der Waals surface area (Å²) in [5.41, 5.74) is 1.91. The Hall–Kier alpha value is -2.73. The predicted molar refractivity (Wildman–Crippen MR) is 91.2 cm³/mol. The van der Waals surface area contributed by atoms with Crippen molar-refractivity contribution < 1.29 is 9.59 Å². The van der Waals surface area contributed by atoms with Crippen LogP contribution in [-0.4, -0.2) is 33.2 Å². The van der Waals surface area contributed by atoms with Gasteiger partial charge < -0.3 is 4.98 Å². The van der Waals surface area contributed by atoms with Gasteiger partial charge in [-0.25, -0.2) is 4.98 Å². The van der Waals surface area contributed by atoms with Crippen LogP contribution in [0.4, 0.5) is 0 Å². The fourth-order valence-corrected chi connectivity index (χ4v) is 3.58. The number of nitrogens with one attached hydrogen (secondary N) is 1. The summed E-state index contributed by atoms with van der Waals surface area (Å²) >= 11 is 1.70. The van der Waals surface area contributed by atoms with Gasteiger partial charge >= 0.3 is 0 Å². The minimum Gasteiger partial charge on any atom is -0.346 e. The van der Waals surface area contributed by atoms with E-state index >= 15 is 0 Å². The number of carbonyl (C=O) groups excluding carboxylic acids is 2. The molecule has 6 heteroatoms. The van der Waals surface area contributed by atoms with E-state index in [-0.39, 0.29) is 11.8 Å². The second kappa shape index (κ2) is 6.05. The zero-order chi connectivity index (χ0) is 16.5. The number of rotatable bonds is 5. The first-order valence-electron chi connectivity index (χ1n) is 7.73. The van der Waals surface area contributed by atoms with Crippen LogP contribution < -0.4 is 0 Å². The molecule has 1 N–H and O–H groups in total. The number of aromatic nitrogens is 2. The maximum absolute atomic E-state index is 12.3. The van der Waals surface area contributed by atoms with Crippen LogP contribution in [0.3, 0.4) is 0 Å². The number of imide groups is 1. The quantitative estimate of drug-likeness (QED) is 0.728. The van der Waals surface area contributed by atoms with Crippen LogP contribution in [0.25, 0.3) is 0 Å². The second-order valence-electron chi connectivity index (χ2n) is 5.67. The third kappa shape index (κ3) is 2.65. The van der Waals surface area contributed by atoms with Crippen LogP contribution in [-0.2, 0) is 12.8 Å². The highest BCUT2D eigenvalue weighted by Gasteiger charge is 2.34. The third-order valence-corrected chi connectivity index (χ3v) is 4.96. The van der Waals surface area contributed by atoms with E-state index in [1.807, 2.05) is 11.4 Å². The van der Waals surface area contributed by atoms with E-state index < -0.39 is 0 Å². The van der Waals surface area contributed by atoms with Crippen molar-refractivity contribution in [3.63, 3.8) is 0 Å². The summed E-state index contributed by atoms with van der Waals surface area (Å²) in [4.78, 5) is 34.9. The van der Waals surface area contributed by atoms with Gasteiger partial charge in [0, 0.05) is 36.2 Å². The maximum atomic E-state index is 12.3. The zero-order valence-corrected chi connectivity index (χ0v) is 13.7. The normalized spacial score (nSPS) is 13.6. The van der Waals surface area contributed by atoms with Gasteiger partial charge in [-0.1, -0.05) is 18.2 Å². The average molecular weight is 337 g/mol. The molecule has 120 valence electrons. The van der Waals surface area contributed by atoms with Gasteiger partial charge in [-0.3, -0.25) is 14.5 Å². The number of hydrogen-bond acceptors (Lipinski definition) is 4. The Kier molecular flexibility index (Phi) is 3.74. The maximum Gasteiger partial charge on any atom is 0.261 e. The molecule has 3 aromatic rings. The van der Waals surface area contributed by atoms with Crippen LogP contribution in [0, 0.1) is 0 Å². The van der Waals surface area contributed by atoms with E-state index in [1.165, 1.54) is 9.78 Å². The van der Waals surface area contributed by atoms with E-state index in [2.05, 4.69) is 16.0 Å². The van der Waals surface area contributed by atoms with Gasteiger partial charge in [0.05, 0.1) is 11.1 Å². The summed E-state index contributed by atoms with van der Waals surface area (Å²) in [5.74, 6) is 0.470. The molecule has 0 aliphatic carbocycles. The Morgan fingerprint density at radius 2 is 1.79 bits per heavy atom. The van der Waals surface area contributed by atoms with Crippen molar-refractivity contribution in [1.82, 2.24) is 14.9 Å². The molecule has 2 amide bonds. The zero-order valence-electron chi connectivity index (χ0n) is 12.9. The molecule has 5 nitrogen and oxygen atoms in total. The smallest absolute Gasteiger partial charge is 0.261 e. The molecule has 1 aliphatic rings. The second-order valence-corrected chi connectivity index (χ2v) is 6.70. The van der Waals surface area contributed by atoms with E-state index in [4.69, 9.17) is 0 Å². The molecule has 0 saturated heterocycles. The molecule has 0 radical (unpaired) electrons. The lowest BCUT2D eigenvalue weighted by atomic mass is 10.1. The van der Waals surface area contributed by atoms with Gasteiger partial charge in [-0.15, -0.1) is 11.3 Å². The highest BCUT2D eigenvalue weighted by Crippen LogP contribution is 2.22. The van der Waals surface area contributed by atoms with E-state index in [1.54, 1.807) is 41.8 Å². The largest absolute Gasteiger partial charge is 0.346 e. The highest BCUT2D eigenvalue weighted by atomic mass is 32.1. The topological polar surface area (TPSA) is 66.1 Å². The Bertz CT molecular complexity index is 864. The van der Waals surface area contributed by atoms with Gasteiger partial charge in [0.1, 0.15) is 5.82 Å². The number of benzene rings is 1. The Morgan fingerprint density at radius 3 is 2.46 bits per heavy atom. The summed E-state index contributed by atoms with van der Waals surface area (Å²) in [7, 11) is 0. The molecule has 0 fully saturated rings. The fourth-order valence-electron chi connectivity index (χ4n) is 2.88. The van der Waals surface area contributed by atoms with Crippen molar-refractivity contribution in [3.8, 4) is 0 Å². The predicted octanol–water partition coefficient (Wildman–Crippen LogP) is 2.90. The molecule has 2 aromatic heterocycles. The van der Waals surface area contributed by atoms with Crippen LogP contribution in [0.1, 0.15) is 37.1 Å². The molecule has 0 saturated carbocycles. The third-order valence-electron chi connectivity index (χ3n) is 4.09. The van der Waals surface area contributed by atoms with Crippen molar-refractivity contribution >= 4 is 23.2 Å². The number of carbonyl (C=O) groups is 2. The van der Waals surface area contributed by atoms with E-state index in [0.717, 1.165) is 17.9 Å². The molecular weight excluding hydrogens is 322 g/mol. The summed E-state index contributed by atoms with van der Waals surface area (Å²) in [6.07, 6.45) is 3.12. The van der Waals surface area contributed by atoms with Crippen LogP contribution >= 0.6 is 11.3 Å². The number of thiophene rings is 1. The van der Waals surface area contributed by atoms with Crippen LogP contribution in [0.2, 0.25) is 0 Å². The van der Waals surface area contributed by atoms with Gasteiger partial charge in [-0.05, 0) is 23.6 Å². The molecule has 1 aliphatic heterocycles. The van der Waals surface area contributed by atoms with Crippen molar-refractivity contribution in [2.24, 2.45) is 0 Å². The number of imidazole rings is 1. The number of amides is 2. The molecule has 0 unspecified atom stereocenters. The summed E-state index contributed by atoms with van der Waals surface area (Å²) in [6, 6.07) is 11.0. The summed E-state index contributed by atoms with van der Waals surface area (Å²) in [5, 5.41) is 2.04. The number of hydrogen-bond donors (Lipinski definition) is 1. The lowest BCUT2D eigenvalue weighted by Crippen LogP contribution is -2.31. The number of H-pyrrole nitrogens is 1. The average Bonchev–Trinajstić information content (AvgIpc) is 3.31.